The molecule has 0 aliphatic carbocycles. The van der Waals surface area contributed by atoms with Crippen molar-refractivity contribution in [3.05, 3.63) is 29.3 Å². The fourth-order valence-electron chi connectivity index (χ4n) is 4.33. The van der Waals surface area contributed by atoms with Gasteiger partial charge < -0.3 is 9.47 Å². The Morgan fingerprint density at radius 3 is 1.85 bits per heavy atom. The van der Waals surface area contributed by atoms with Crippen molar-refractivity contribution >= 4 is 5.97 Å². The SMILES string of the molecule is CCCCCCCCCCCCCCCCCCOC(=O)C(C)Cc1ccc(C)c(OC#N)c1. The molecule has 0 N–H and O–H groups in total. The zero-order valence-electron chi connectivity index (χ0n) is 22.2. The van der Waals surface area contributed by atoms with E-state index < -0.39 is 0 Å². The van der Waals surface area contributed by atoms with Gasteiger partial charge in [0.25, 0.3) is 6.26 Å². The number of unbranched alkanes of at least 4 members (excludes halogenated alkanes) is 15. The molecule has 4 heteroatoms. The minimum atomic E-state index is -0.210. The normalized spacial score (nSPS) is 11.7. The highest BCUT2D eigenvalue weighted by Crippen LogP contribution is 2.22. The van der Waals surface area contributed by atoms with Crippen LogP contribution in [0.3, 0.4) is 0 Å². The lowest BCUT2D eigenvalue weighted by Gasteiger charge is -2.12. The summed E-state index contributed by atoms with van der Waals surface area (Å²) in [6.07, 6.45) is 23.7. The summed E-state index contributed by atoms with van der Waals surface area (Å²) in [4.78, 5) is 12.3. The number of nitriles is 1. The summed E-state index contributed by atoms with van der Waals surface area (Å²) < 4.78 is 10.4. The van der Waals surface area contributed by atoms with Crippen molar-refractivity contribution < 1.29 is 14.3 Å². The highest BCUT2D eigenvalue weighted by molar-refractivity contribution is 5.72. The lowest BCUT2D eigenvalue weighted by molar-refractivity contribution is -0.148. The number of esters is 1. The van der Waals surface area contributed by atoms with Crippen LogP contribution in [0.2, 0.25) is 0 Å². The van der Waals surface area contributed by atoms with Gasteiger partial charge in [-0.2, -0.15) is 0 Å². The molecule has 1 atom stereocenters. The maximum absolute atomic E-state index is 12.3. The first-order valence-electron chi connectivity index (χ1n) is 13.9. The molecule has 4 nitrogen and oxygen atoms in total. The smallest absolute Gasteiger partial charge is 0.308 e. The zero-order chi connectivity index (χ0) is 24.9. The number of hydrogen-bond acceptors (Lipinski definition) is 4. The Hall–Kier alpha value is -2.02. The van der Waals surface area contributed by atoms with Crippen molar-refractivity contribution in [2.45, 2.75) is 130 Å². The van der Waals surface area contributed by atoms with Crippen LogP contribution in [-0.4, -0.2) is 12.6 Å². The number of benzene rings is 1. The van der Waals surface area contributed by atoms with E-state index in [1.165, 1.54) is 89.9 Å². The molecule has 0 spiro atoms. The van der Waals surface area contributed by atoms with Gasteiger partial charge in [-0.25, -0.2) is 0 Å². The Kier molecular flexibility index (Phi) is 18.0. The molecule has 0 aliphatic heterocycles. The Bertz CT molecular complexity index is 695. The molecule has 0 saturated heterocycles. The van der Waals surface area contributed by atoms with Crippen LogP contribution < -0.4 is 4.74 Å². The number of aryl methyl sites for hydroxylation is 1. The van der Waals surface area contributed by atoms with Crippen molar-refractivity contribution in [2.24, 2.45) is 5.92 Å². The number of carbonyl (C=O) groups excluding carboxylic acids is 1. The topological polar surface area (TPSA) is 59.3 Å². The van der Waals surface area contributed by atoms with Gasteiger partial charge in [0.2, 0.25) is 0 Å². The van der Waals surface area contributed by atoms with Gasteiger partial charge in [-0.1, -0.05) is 122 Å². The lowest BCUT2D eigenvalue weighted by Crippen LogP contribution is -2.17. The first kappa shape index (κ1) is 30.0. The first-order valence-corrected chi connectivity index (χ1v) is 13.9. The number of carbonyl (C=O) groups is 1. The van der Waals surface area contributed by atoms with E-state index in [-0.39, 0.29) is 11.9 Å². The van der Waals surface area contributed by atoms with Gasteiger partial charge in [-0.3, -0.25) is 4.79 Å². The maximum Gasteiger partial charge on any atom is 0.308 e. The van der Waals surface area contributed by atoms with E-state index in [9.17, 15) is 4.79 Å². The number of rotatable bonds is 21. The number of nitrogens with zero attached hydrogens (tertiary/aromatic N) is 1. The third-order valence-electron chi connectivity index (χ3n) is 6.59. The largest absolute Gasteiger partial charge is 0.465 e. The standard InChI is InChI=1S/C30H49NO3/c1-4-5-6-7-8-9-10-11-12-13-14-15-16-17-18-19-22-33-30(32)27(3)23-28-21-20-26(2)29(24-28)34-25-31/h20-21,24,27H,4-19,22-23H2,1-3H3. The molecule has 1 aromatic rings. The Labute approximate surface area is 209 Å². The van der Waals surface area contributed by atoms with E-state index in [1.807, 2.05) is 32.0 Å². The summed E-state index contributed by atoms with van der Waals surface area (Å²) in [5.41, 5.74) is 1.88. The molecule has 1 rings (SSSR count). The fraction of sp³-hybridized carbons (Fsp3) is 0.733. The van der Waals surface area contributed by atoms with Crippen LogP contribution in [0, 0.1) is 24.4 Å². The predicted octanol–water partition coefficient (Wildman–Crippen LogP) is 8.84. The van der Waals surface area contributed by atoms with Crippen molar-refractivity contribution in [1.29, 1.82) is 5.26 Å². The summed E-state index contributed by atoms with van der Waals surface area (Å²) in [5, 5.41) is 8.73. The van der Waals surface area contributed by atoms with Crippen LogP contribution in [0.25, 0.3) is 0 Å². The molecule has 0 radical (unpaired) electrons. The molecule has 0 aliphatic rings. The first-order chi connectivity index (χ1) is 16.6. The van der Waals surface area contributed by atoms with Gasteiger partial charge in [-0.05, 0) is 37.0 Å². The molecule has 1 aromatic carbocycles. The van der Waals surface area contributed by atoms with Crippen LogP contribution in [0.5, 0.6) is 5.75 Å². The summed E-state index contributed by atoms with van der Waals surface area (Å²) >= 11 is 0. The van der Waals surface area contributed by atoms with Gasteiger partial charge in [0, 0.05) is 0 Å². The Morgan fingerprint density at radius 1 is 0.853 bits per heavy atom. The van der Waals surface area contributed by atoms with Crippen molar-refractivity contribution in [2.75, 3.05) is 6.61 Å². The van der Waals surface area contributed by atoms with Gasteiger partial charge in [-0.15, -0.1) is 5.26 Å². The van der Waals surface area contributed by atoms with E-state index >= 15 is 0 Å². The second kappa shape index (κ2) is 20.4. The van der Waals surface area contributed by atoms with Gasteiger partial charge in [0.1, 0.15) is 5.75 Å². The molecule has 34 heavy (non-hydrogen) atoms. The van der Waals surface area contributed by atoms with E-state index in [0.29, 0.717) is 18.8 Å². The summed E-state index contributed by atoms with van der Waals surface area (Å²) in [6.45, 7) is 6.57. The van der Waals surface area contributed by atoms with Gasteiger partial charge >= 0.3 is 5.97 Å². The van der Waals surface area contributed by atoms with Crippen LogP contribution in [0.15, 0.2) is 18.2 Å². The number of ether oxygens (including phenoxy) is 2. The zero-order valence-corrected chi connectivity index (χ0v) is 22.2. The molecule has 0 saturated carbocycles. The van der Waals surface area contributed by atoms with Crippen molar-refractivity contribution in [3.8, 4) is 12.0 Å². The van der Waals surface area contributed by atoms with E-state index in [2.05, 4.69) is 6.92 Å². The van der Waals surface area contributed by atoms with Crippen LogP contribution >= 0.6 is 0 Å². The predicted molar refractivity (Wildman–Crippen MR) is 141 cm³/mol. The molecule has 0 amide bonds. The molecule has 0 fully saturated rings. The molecule has 0 heterocycles. The third-order valence-corrected chi connectivity index (χ3v) is 6.59. The minimum Gasteiger partial charge on any atom is -0.465 e. The average molecular weight is 472 g/mol. The van der Waals surface area contributed by atoms with E-state index in [1.54, 1.807) is 6.26 Å². The van der Waals surface area contributed by atoms with Crippen LogP contribution in [0.1, 0.15) is 128 Å². The molecule has 0 aromatic heterocycles. The fourth-order valence-corrected chi connectivity index (χ4v) is 4.33. The van der Waals surface area contributed by atoms with Gasteiger partial charge in [0.15, 0.2) is 0 Å². The minimum absolute atomic E-state index is 0.149. The Balaban J connectivity index is 1.95. The summed E-state index contributed by atoms with van der Waals surface area (Å²) in [5.74, 6) is 0.191. The van der Waals surface area contributed by atoms with Crippen LogP contribution in [0.4, 0.5) is 0 Å². The van der Waals surface area contributed by atoms with Crippen molar-refractivity contribution in [1.82, 2.24) is 0 Å². The summed E-state index contributed by atoms with van der Waals surface area (Å²) in [7, 11) is 0. The van der Waals surface area contributed by atoms with E-state index in [0.717, 1.165) is 24.0 Å². The Morgan fingerprint density at radius 2 is 1.35 bits per heavy atom. The highest BCUT2D eigenvalue weighted by Gasteiger charge is 2.16. The third kappa shape index (κ3) is 15.0. The monoisotopic (exact) mass is 471 g/mol. The van der Waals surface area contributed by atoms with Gasteiger partial charge in [0.05, 0.1) is 12.5 Å². The quantitative estimate of drug-likeness (QED) is 0.102. The number of hydrogen-bond donors (Lipinski definition) is 0. The maximum atomic E-state index is 12.3. The molecule has 1 unspecified atom stereocenters. The van der Waals surface area contributed by atoms with Crippen molar-refractivity contribution in [3.63, 3.8) is 0 Å². The highest BCUT2D eigenvalue weighted by atomic mass is 16.5. The average Bonchev–Trinajstić information content (AvgIpc) is 2.83. The molecular formula is C30H49NO3. The van der Waals surface area contributed by atoms with E-state index in [4.69, 9.17) is 14.7 Å². The second-order valence-electron chi connectivity index (χ2n) is 9.87. The van der Waals surface area contributed by atoms with Crippen LogP contribution in [-0.2, 0) is 16.0 Å². The molecule has 0 bridgehead atoms. The molecule has 192 valence electrons. The lowest BCUT2D eigenvalue weighted by atomic mass is 10.00. The molecular weight excluding hydrogens is 422 g/mol. The summed E-state index contributed by atoms with van der Waals surface area (Å²) in [6, 6.07) is 5.72. The second-order valence-corrected chi connectivity index (χ2v) is 9.87.